The number of hydrogen-bond donors (Lipinski definition) is 1. The molecular formula is C28H30F3N7O3. The molecule has 3 aromatic rings. The third-order valence-electron chi connectivity index (χ3n) is 7.78. The number of urea groups is 1. The van der Waals surface area contributed by atoms with Gasteiger partial charge in [0, 0.05) is 88.4 Å². The number of alkyl halides is 3. The predicted molar refractivity (Wildman–Crippen MR) is 143 cm³/mol. The molecule has 0 spiro atoms. The summed E-state index contributed by atoms with van der Waals surface area (Å²) in [5, 5.41) is 7.34. The summed E-state index contributed by atoms with van der Waals surface area (Å²) in [6, 6.07) is 6.47. The molecule has 3 amide bonds. The Kier molecular flexibility index (Phi) is 7.16. The lowest BCUT2D eigenvalue weighted by Gasteiger charge is -2.39. The molecule has 1 aliphatic carbocycles. The molecule has 10 nitrogen and oxygen atoms in total. The fraction of sp³-hybridized carbons (Fsp3) is 0.429. The summed E-state index contributed by atoms with van der Waals surface area (Å²) in [6.07, 6.45) is 1.27. The first-order valence-corrected chi connectivity index (χ1v) is 13.5. The number of nitrogens with zero attached hydrogens (tertiary/aromatic N) is 6. The molecule has 216 valence electrons. The van der Waals surface area contributed by atoms with E-state index in [1.165, 1.54) is 12.1 Å². The Balaban J connectivity index is 1.11. The molecular weight excluding hydrogens is 539 g/mol. The van der Waals surface area contributed by atoms with E-state index in [0.717, 1.165) is 34.5 Å². The van der Waals surface area contributed by atoms with Crippen molar-refractivity contribution in [2.75, 3.05) is 37.6 Å². The smallest absolute Gasteiger partial charge is 0.416 e. The van der Waals surface area contributed by atoms with Crippen molar-refractivity contribution in [2.24, 2.45) is 7.05 Å². The van der Waals surface area contributed by atoms with Crippen LogP contribution in [0.3, 0.4) is 0 Å². The molecule has 41 heavy (non-hydrogen) atoms. The number of benzene rings is 1. The first kappa shape index (κ1) is 27.2. The Morgan fingerprint density at radius 3 is 2.59 bits per heavy atom. The lowest BCUT2D eigenvalue weighted by Crippen LogP contribution is -2.52. The number of imide groups is 1. The average molecular weight is 570 g/mol. The first-order valence-electron chi connectivity index (χ1n) is 13.5. The van der Waals surface area contributed by atoms with Crippen molar-refractivity contribution in [3.63, 3.8) is 0 Å². The van der Waals surface area contributed by atoms with Crippen LogP contribution in [0.4, 0.5) is 23.7 Å². The number of rotatable bonds is 7. The van der Waals surface area contributed by atoms with E-state index >= 15 is 0 Å². The number of amides is 3. The Labute approximate surface area is 234 Å². The number of ether oxygens (including phenoxy) is 1. The number of nitrogens with one attached hydrogen (secondary N) is 1. The molecule has 0 radical (unpaired) electrons. The zero-order chi connectivity index (χ0) is 28.7. The summed E-state index contributed by atoms with van der Waals surface area (Å²) >= 11 is 0. The van der Waals surface area contributed by atoms with E-state index in [4.69, 9.17) is 4.74 Å². The van der Waals surface area contributed by atoms with Crippen LogP contribution in [0.1, 0.15) is 24.0 Å². The highest BCUT2D eigenvalue weighted by Crippen LogP contribution is 2.38. The molecule has 0 bridgehead atoms. The SMILES string of the molecule is Cn1cc(-c2cc(OC3CC(N4C(=O)CN(c5ccc(CN6CCNCC6)c(C(F)(F)F)c5)C4=O)C3)ccn2)cn1. The number of halogens is 3. The summed E-state index contributed by atoms with van der Waals surface area (Å²) in [4.78, 5) is 34.7. The van der Waals surface area contributed by atoms with Crippen molar-refractivity contribution in [1.29, 1.82) is 0 Å². The number of pyridine rings is 1. The van der Waals surface area contributed by atoms with Gasteiger partial charge >= 0.3 is 12.2 Å². The fourth-order valence-electron chi connectivity index (χ4n) is 5.55. The van der Waals surface area contributed by atoms with Crippen molar-refractivity contribution in [3.05, 3.63) is 60.0 Å². The third kappa shape index (κ3) is 5.64. The minimum atomic E-state index is -4.59. The minimum absolute atomic E-state index is 0.0640. The highest BCUT2D eigenvalue weighted by molar-refractivity contribution is 6.12. The van der Waals surface area contributed by atoms with Crippen molar-refractivity contribution in [3.8, 4) is 17.0 Å². The average Bonchev–Trinajstić information content (AvgIpc) is 3.49. The second kappa shape index (κ2) is 10.8. The molecule has 2 aromatic heterocycles. The van der Waals surface area contributed by atoms with Crippen LogP contribution in [-0.2, 0) is 24.6 Å². The van der Waals surface area contributed by atoms with Gasteiger partial charge in [-0.2, -0.15) is 18.3 Å². The summed E-state index contributed by atoms with van der Waals surface area (Å²) in [6.45, 7) is 2.64. The van der Waals surface area contributed by atoms with Gasteiger partial charge in [0.05, 0.1) is 17.5 Å². The zero-order valence-electron chi connectivity index (χ0n) is 22.5. The Morgan fingerprint density at radius 1 is 1.10 bits per heavy atom. The van der Waals surface area contributed by atoms with Gasteiger partial charge in [0.15, 0.2) is 0 Å². The number of piperazine rings is 1. The Hall–Kier alpha value is -3.97. The Bertz CT molecular complexity index is 1450. The van der Waals surface area contributed by atoms with Crippen LogP contribution in [0.15, 0.2) is 48.9 Å². The van der Waals surface area contributed by atoms with Gasteiger partial charge in [-0.25, -0.2) is 4.79 Å². The van der Waals surface area contributed by atoms with Gasteiger partial charge in [0.25, 0.3) is 5.91 Å². The van der Waals surface area contributed by atoms with Gasteiger partial charge in [-0.3, -0.25) is 29.2 Å². The molecule has 0 unspecified atom stereocenters. The van der Waals surface area contributed by atoms with E-state index in [9.17, 15) is 22.8 Å². The van der Waals surface area contributed by atoms with Crippen LogP contribution < -0.4 is 15.0 Å². The molecule has 1 N–H and O–H groups in total. The van der Waals surface area contributed by atoms with Crippen molar-refractivity contribution < 1.29 is 27.5 Å². The van der Waals surface area contributed by atoms with Crippen LogP contribution in [0.5, 0.6) is 5.75 Å². The van der Waals surface area contributed by atoms with E-state index in [2.05, 4.69) is 15.4 Å². The largest absolute Gasteiger partial charge is 0.490 e. The number of hydrogen-bond acceptors (Lipinski definition) is 7. The molecule has 3 fully saturated rings. The highest BCUT2D eigenvalue weighted by atomic mass is 19.4. The number of carbonyl (C=O) groups excluding carboxylic acids is 2. The van der Waals surface area contributed by atoms with E-state index in [0.29, 0.717) is 37.4 Å². The monoisotopic (exact) mass is 569 g/mol. The van der Waals surface area contributed by atoms with Crippen LogP contribution in [0.2, 0.25) is 0 Å². The van der Waals surface area contributed by atoms with Crippen molar-refractivity contribution >= 4 is 17.6 Å². The van der Waals surface area contributed by atoms with E-state index in [1.807, 2.05) is 24.2 Å². The van der Waals surface area contributed by atoms with Crippen molar-refractivity contribution in [1.82, 2.24) is 29.9 Å². The maximum absolute atomic E-state index is 14.0. The third-order valence-corrected chi connectivity index (χ3v) is 7.78. The van der Waals surface area contributed by atoms with Gasteiger partial charge in [-0.1, -0.05) is 6.07 Å². The maximum atomic E-state index is 14.0. The standard InChI is InChI=1S/C28H30F3N7O3/c1-35-15-19(14-34-35)25-13-22(4-5-33-25)41-23-10-21(11-23)38-26(39)17-37(27(38)40)20-3-2-18(24(12-20)28(29,30)31)16-36-8-6-32-7-9-36/h2-5,12-15,21,23,32H,6-11,16-17H2,1H3. The number of anilines is 1. The molecule has 2 saturated heterocycles. The zero-order valence-corrected chi connectivity index (χ0v) is 22.5. The van der Waals surface area contributed by atoms with Crippen LogP contribution in [0, 0.1) is 0 Å². The van der Waals surface area contributed by atoms with Gasteiger partial charge in [0.1, 0.15) is 18.4 Å². The number of carbonyl (C=O) groups is 2. The summed E-state index contributed by atoms with van der Waals surface area (Å²) in [5.41, 5.74) is 0.994. The molecule has 6 rings (SSSR count). The first-order chi connectivity index (χ1) is 19.7. The van der Waals surface area contributed by atoms with Crippen LogP contribution in [-0.4, -0.2) is 81.4 Å². The molecule has 0 atom stereocenters. The Morgan fingerprint density at radius 2 is 1.88 bits per heavy atom. The van der Waals surface area contributed by atoms with E-state index in [1.54, 1.807) is 23.1 Å². The fourth-order valence-corrected chi connectivity index (χ4v) is 5.55. The van der Waals surface area contributed by atoms with E-state index < -0.39 is 23.7 Å². The summed E-state index contributed by atoms with van der Waals surface area (Å²) in [7, 11) is 1.82. The van der Waals surface area contributed by atoms with Gasteiger partial charge in [0.2, 0.25) is 0 Å². The molecule has 1 saturated carbocycles. The molecule has 3 aliphatic rings. The molecule has 1 aromatic carbocycles. The number of aryl methyl sites for hydroxylation is 1. The summed E-state index contributed by atoms with van der Waals surface area (Å²) in [5.74, 6) is 0.184. The molecule has 13 heteroatoms. The maximum Gasteiger partial charge on any atom is 0.416 e. The summed E-state index contributed by atoms with van der Waals surface area (Å²) < 4.78 is 49.8. The predicted octanol–water partition coefficient (Wildman–Crippen LogP) is 3.28. The normalized spacial score (nSPS) is 21.9. The second-order valence-electron chi connectivity index (χ2n) is 10.6. The van der Waals surface area contributed by atoms with Crippen LogP contribution in [0.25, 0.3) is 11.3 Å². The van der Waals surface area contributed by atoms with Crippen molar-refractivity contribution in [2.45, 2.75) is 37.7 Å². The van der Waals surface area contributed by atoms with Crippen LogP contribution >= 0.6 is 0 Å². The topological polar surface area (TPSA) is 95.8 Å². The van der Waals surface area contributed by atoms with Gasteiger partial charge in [-0.05, 0) is 23.8 Å². The second-order valence-corrected chi connectivity index (χ2v) is 10.6. The molecule has 2 aliphatic heterocycles. The van der Waals surface area contributed by atoms with Gasteiger partial charge in [-0.15, -0.1) is 0 Å². The number of aromatic nitrogens is 3. The highest BCUT2D eigenvalue weighted by Gasteiger charge is 2.47. The van der Waals surface area contributed by atoms with E-state index in [-0.39, 0.29) is 36.5 Å². The lowest BCUT2D eigenvalue weighted by molar-refractivity contribution is -0.138. The lowest BCUT2D eigenvalue weighted by atomic mass is 9.88. The van der Waals surface area contributed by atoms with Gasteiger partial charge < -0.3 is 10.1 Å². The quantitative estimate of drug-likeness (QED) is 0.437. The molecule has 4 heterocycles. The minimum Gasteiger partial charge on any atom is -0.490 e.